The number of amides is 1. The summed E-state index contributed by atoms with van der Waals surface area (Å²) >= 11 is 0. The van der Waals surface area contributed by atoms with Gasteiger partial charge in [0.2, 0.25) is 0 Å². The largest absolute Gasteiger partial charge is 0.353 e. The highest BCUT2D eigenvalue weighted by Crippen LogP contribution is 2.19. The van der Waals surface area contributed by atoms with E-state index in [9.17, 15) is 4.79 Å². The second kappa shape index (κ2) is 5.51. The van der Waals surface area contributed by atoms with Crippen molar-refractivity contribution in [2.75, 3.05) is 11.9 Å². The lowest BCUT2D eigenvalue weighted by atomic mass is 10.3. The van der Waals surface area contributed by atoms with Crippen LogP contribution in [0.2, 0.25) is 0 Å². The molecule has 0 saturated carbocycles. The van der Waals surface area contributed by atoms with Crippen LogP contribution in [0.3, 0.4) is 0 Å². The minimum atomic E-state index is -0.172. The molecule has 0 radical (unpaired) electrons. The maximum Gasteiger partial charge on any atom is 0.269 e. The minimum Gasteiger partial charge on any atom is -0.353 e. The molecule has 0 bridgehead atoms. The number of carbonyl (C=O) groups is 1. The topological polar surface area (TPSA) is 71.8 Å². The average Bonchev–Trinajstić information content (AvgIpc) is 2.68. The molecule has 2 aromatic rings. The Hall–Kier alpha value is -2.37. The van der Waals surface area contributed by atoms with E-state index in [0.717, 1.165) is 17.1 Å². The van der Waals surface area contributed by atoms with Crippen molar-refractivity contribution in [2.45, 2.75) is 13.8 Å². The van der Waals surface area contributed by atoms with Crippen molar-refractivity contribution in [1.29, 1.82) is 0 Å². The Kier molecular flexibility index (Phi) is 3.79. The smallest absolute Gasteiger partial charge is 0.269 e. The van der Waals surface area contributed by atoms with Gasteiger partial charge in [0.15, 0.2) is 0 Å². The Labute approximate surface area is 111 Å². The van der Waals surface area contributed by atoms with E-state index in [2.05, 4.69) is 20.7 Å². The molecule has 2 rings (SSSR count). The molecule has 2 heterocycles. The van der Waals surface area contributed by atoms with Gasteiger partial charge in [-0.15, -0.1) is 0 Å². The second-order valence-corrected chi connectivity index (χ2v) is 4.22. The summed E-state index contributed by atoms with van der Waals surface area (Å²) < 4.78 is 1.74. The summed E-state index contributed by atoms with van der Waals surface area (Å²) in [5, 5.41) is 10.2. The molecule has 0 aromatic carbocycles. The van der Waals surface area contributed by atoms with Crippen molar-refractivity contribution < 1.29 is 4.79 Å². The number of pyridine rings is 1. The Bertz CT molecular complexity index is 590. The summed E-state index contributed by atoms with van der Waals surface area (Å²) in [7, 11) is 1.87. The molecule has 6 heteroatoms. The van der Waals surface area contributed by atoms with Crippen LogP contribution in [0.25, 0.3) is 0 Å². The summed E-state index contributed by atoms with van der Waals surface area (Å²) in [4.78, 5) is 15.8. The van der Waals surface area contributed by atoms with Gasteiger partial charge in [-0.2, -0.15) is 5.10 Å². The maximum absolute atomic E-state index is 11.7. The van der Waals surface area contributed by atoms with Crippen molar-refractivity contribution in [1.82, 2.24) is 20.1 Å². The van der Waals surface area contributed by atoms with Crippen LogP contribution < -0.4 is 10.6 Å². The number of aromatic nitrogens is 3. The van der Waals surface area contributed by atoms with E-state index in [4.69, 9.17) is 0 Å². The van der Waals surface area contributed by atoms with Crippen molar-refractivity contribution in [2.24, 2.45) is 7.05 Å². The first-order valence-corrected chi connectivity index (χ1v) is 6.11. The Morgan fingerprint density at radius 3 is 2.89 bits per heavy atom. The normalized spacial score (nSPS) is 10.3. The highest BCUT2D eigenvalue weighted by Gasteiger charge is 2.08. The lowest BCUT2D eigenvalue weighted by Crippen LogP contribution is -2.23. The number of aryl methyl sites for hydroxylation is 2. The van der Waals surface area contributed by atoms with Crippen LogP contribution in [0.15, 0.2) is 24.5 Å². The zero-order valence-electron chi connectivity index (χ0n) is 11.3. The molecular weight excluding hydrogens is 242 g/mol. The van der Waals surface area contributed by atoms with E-state index in [1.165, 1.54) is 0 Å². The number of carbonyl (C=O) groups excluding carboxylic acids is 1. The number of hydrogen-bond acceptors (Lipinski definition) is 4. The van der Waals surface area contributed by atoms with Gasteiger partial charge in [0.1, 0.15) is 5.69 Å². The van der Waals surface area contributed by atoms with Crippen LogP contribution >= 0.6 is 0 Å². The SMILES string of the molecule is CCNC(=O)c1cc(Nc2cn(C)nc2C)ccn1. The van der Waals surface area contributed by atoms with E-state index < -0.39 is 0 Å². The van der Waals surface area contributed by atoms with Gasteiger partial charge < -0.3 is 10.6 Å². The number of nitrogens with one attached hydrogen (secondary N) is 2. The van der Waals surface area contributed by atoms with E-state index in [1.54, 1.807) is 16.9 Å². The zero-order chi connectivity index (χ0) is 13.8. The van der Waals surface area contributed by atoms with Crippen molar-refractivity contribution in [3.05, 3.63) is 35.9 Å². The number of hydrogen-bond donors (Lipinski definition) is 2. The fraction of sp³-hybridized carbons (Fsp3) is 0.308. The summed E-state index contributed by atoms with van der Waals surface area (Å²) in [5.74, 6) is -0.172. The lowest BCUT2D eigenvalue weighted by molar-refractivity contribution is 0.0951. The third kappa shape index (κ3) is 3.09. The van der Waals surface area contributed by atoms with Crippen LogP contribution in [0.5, 0.6) is 0 Å². The summed E-state index contributed by atoms with van der Waals surface area (Å²) in [6.07, 6.45) is 3.50. The molecule has 0 unspecified atom stereocenters. The molecule has 2 N–H and O–H groups in total. The molecular formula is C13H17N5O. The summed E-state index contributed by atoms with van der Waals surface area (Å²) in [6, 6.07) is 3.53. The highest BCUT2D eigenvalue weighted by molar-refractivity contribution is 5.93. The van der Waals surface area contributed by atoms with E-state index >= 15 is 0 Å². The Morgan fingerprint density at radius 1 is 1.47 bits per heavy atom. The summed E-state index contributed by atoms with van der Waals surface area (Å²) in [5.41, 5.74) is 3.02. The molecule has 0 aliphatic carbocycles. The van der Waals surface area contributed by atoms with E-state index in [-0.39, 0.29) is 5.91 Å². The van der Waals surface area contributed by atoms with Gasteiger partial charge in [0.05, 0.1) is 11.4 Å². The molecule has 100 valence electrons. The third-order valence-electron chi connectivity index (χ3n) is 2.62. The molecule has 2 aromatic heterocycles. The molecule has 6 nitrogen and oxygen atoms in total. The van der Waals surface area contributed by atoms with E-state index in [1.807, 2.05) is 33.2 Å². The van der Waals surface area contributed by atoms with Gasteiger partial charge in [-0.1, -0.05) is 0 Å². The van der Waals surface area contributed by atoms with E-state index in [0.29, 0.717) is 12.2 Å². The molecule has 0 saturated heterocycles. The predicted octanol–water partition coefficient (Wildman–Crippen LogP) is 1.62. The second-order valence-electron chi connectivity index (χ2n) is 4.22. The van der Waals surface area contributed by atoms with Crippen LogP contribution in [0, 0.1) is 6.92 Å². The monoisotopic (exact) mass is 259 g/mol. The Balaban J connectivity index is 2.19. The molecule has 0 atom stereocenters. The molecule has 0 aliphatic rings. The van der Waals surface area contributed by atoms with Gasteiger partial charge in [-0.3, -0.25) is 14.5 Å². The summed E-state index contributed by atoms with van der Waals surface area (Å²) in [6.45, 7) is 4.38. The molecule has 19 heavy (non-hydrogen) atoms. The highest BCUT2D eigenvalue weighted by atomic mass is 16.1. The van der Waals surface area contributed by atoms with Crippen LogP contribution in [0.4, 0.5) is 11.4 Å². The van der Waals surface area contributed by atoms with Crippen molar-refractivity contribution in [3.63, 3.8) is 0 Å². The first-order chi connectivity index (χ1) is 9.10. The van der Waals surface area contributed by atoms with Crippen LogP contribution in [0.1, 0.15) is 23.1 Å². The van der Waals surface area contributed by atoms with Crippen LogP contribution in [-0.4, -0.2) is 27.2 Å². The fourth-order valence-electron chi connectivity index (χ4n) is 1.76. The molecule has 0 spiro atoms. The first kappa shape index (κ1) is 13.1. The zero-order valence-corrected chi connectivity index (χ0v) is 11.3. The molecule has 1 amide bonds. The average molecular weight is 259 g/mol. The van der Waals surface area contributed by atoms with Crippen molar-refractivity contribution in [3.8, 4) is 0 Å². The lowest BCUT2D eigenvalue weighted by Gasteiger charge is -2.06. The van der Waals surface area contributed by atoms with Gasteiger partial charge >= 0.3 is 0 Å². The third-order valence-corrected chi connectivity index (χ3v) is 2.62. The standard InChI is InChI=1S/C13H17N5O/c1-4-14-13(19)11-7-10(5-6-15-11)16-12-8-18(3)17-9(12)2/h5-8H,4H2,1-3H3,(H,14,19)(H,15,16). The van der Waals surface area contributed by atoms with Crippen LogP contribution in [-0.2, 0) is 7.05 Å². The number of rotatable bonds is 4. The quantitative estimate of drug-likeness (QED) is 0.875. The molecule has 0 aliphatic heterocycles. The number of nitrogens with zero attached hydrogens (tertiary/aromatic N) is 3. The van der Waals surface area contributed by atoms with Crippen molar-refractivity contribution >= 4 is 17.3 Å². The fourth-order valence-corrected chi connectivity index (χ4v) is 1.76. The minimum absolute atomic E-state index is 0.172. The van der Waals surface area contributed by atoms with Gasteiger partial charge in [-0.25, -0.2) is 0 Å². The maximum atomic E-state index is 11.7. The van der Waals surface area contributed by atoms with Gasteiger partial charge in [-0.05, 0) is 26.0 Å². The van der Waals surface area contributed by atoms with Gasteiger partial charge in [0, 0.05) is 31.7 Å². The predicted molar refractivity (Wildman–Crippen MR) is 73.5 cm³/mol. The number of anilines is 2. The van der Waals surface area contributed by atoms with Gasteiger partial charge in [0.25, 0.3) is 5.91 Å². The Morgan fingerprint density at radius 2 is 2.26 bits per heavy atom. The first-order valence-electron chi connectivity index (χ1n) is 6.11. The molecule has 0 fully saturated rings.